The molecule has 0 aliphatic carbocycles. The molecular weight excluding hydrogens is 297 g/mol. The summed E-state index contributed by atoms with van der Waals surface area (Å²) in [6, 6.07) is 1.59. The molecule has 104 valence electrons. The molecule has 5 nitrogen and oxygen atoms in total. The summed E-state index contributed by atoms with van der Waals surface area (Å²) in [4.78, 5) is 10.2. The van der Waals surface area contributed by atoms with Gasteiger partial charge in [0, 0.05) is 5.02 Å². The molecule has 0 fully saturated rings. The number of carboxylic acid groups (broad SMARTS) is 1. The molecule has 19 heavy (non-hydrogen) atoms. The van der Waals surface area contributed by atoms with E-state index in [1.54, 1.807) is 0 Å². The van der Waals surface area contributed by atoms with Crippen molar-refractivity contribution in [3.63, 3.8) is 0 Å². The lowest BCUT2D eigenvalue weighted by Crippen LogP contribution is -2.40. The SMILES string of the molecule is C=CCC(NS(=O)(=O)c1ccc(Cl)cc1F)C(=O)O. The number of rotatable bonds is 6. The van der Waals surface area contributed by atoms with Gasteiger partial charge >= 0.3 is 5.97 Å². The van der Waals surface area contributed by atoms with Gasteiger partial charge in [-0.05, 0) is 24.6 Å². The number of halogens is 2. The molecule has 1 aromatic rings. The summed E-state index contributed by atoms with van der Waals surface area (Å²) in [6.45, 7) is 3.33. The van der Waals surface area contributed by atoms with Gasteiger partial charge in [-0.2, -0.15) is 4.72 Å². The van der Waals surface area contributed by atoms with Crippen molar-refractivity contribution in [1.82, 2.24) is 4.72 Å². The van der Waals surface area contributed by atoms with Crippen LogP contribution in [0.1, 0.15) is 6.42 Å². The van der Waals surface area contributed by atoms with Gasteiger partial charge in [-0.25, -0.2) is 12.8 Å². The number of carboxylic acids is 1. The molecule has 0 saturated heterocycles. The van der Waals surface area contributed by atoms with Crippen molar-refractivity contribution in [1.29, 1.82) is 0 Å². The number of aliphatic carboxylic acids is 1. The predicted octanol–water partition coefficient (Wildman–Crippen LogP) is 1.79. The van der Waals surface area contributed by atoms with Crippen LogP contribution in [0, 0.1) is 5.82 Å². The smallest absolute Gasteiger partial charge is 0.322 e. The van der Waals surface area contributed by atoms with Crippen molar-refractivity contribution in [3.05, 3.63) is 41.7 Å². The first-order chi connectivity index (χ1) is 8.77. The summed E-state index contributed by atoms with van der Waals surface area (Å²) in [5.41, 5.74) is 0. The normalized spacial score (nSPS) is 12.9. The molecule has 0 bridgehead atoms. The number of hydrogen-bond acceptors (Lipinski definition) is 3. The lowest BCUT2D eigenvalue weighted by molar-refractivity contribution is -0.138. The molecule has 0 aliphatic rings. The van der Waals surface area contributed by atoms with E-state index in [4.69, 9.17) is 16.7 Å². The maximum absolute atomic E-state index is 13.5. The average Bonchev–Trinajstić information content (AvgIpc) is 2.27. The fourth-order valence-electron chi connectivity index (χ4n) is 1.31. The van der Waals surface area contributed by atoms with Crippen LogP contribution < -0.4 is 4.72 Å². The minimum absolute atomic E-state index is 0.0392. The largest absolute Gasteiger partial charge is 0.480 e. The molecule has 8 heteroatoms. The standard InChI is InChI=1S/C11H11ClFNO4S/c1-2-3-9(11(15)16)14-19(17,18)10-5-4-7(12)6-8(10)13/h2,4-6,9,14H,1,3H2,(H,15,16). The molecule has 1 atom stereocenters. The Hall–Kier alpha value is -1.44. The van der Waals surface area contributed by atoms with Gasteiger partial charge in [-0.15, -0.1) is 6.58 Å². The van der Waals surface area contributed by atoms with Crippen molar-refractivity contribution < 1.29 is 22.7 Å². The maximum Gasteiger partial charge on any atom is 0.322 e. The van der Waals surface area contributed by atoms with Gasteiger partial charge in [0.1, 0.15) is 16.8 Å². The Labute approximate surface area is 114 Å². The van der Waals surface area contributed by atoms with E-state index in [2.05, 4.69) is 6.58 Å². The van der Waals surface area contributed by atoms with Crippen LogP contribution in [0.15, 0.2) is 35.7 Å². The van der Waals surface area contributed by atoms with Crippen LogP contribution in [0.4, 0.5) is 4.39 Å². The third-order valence-corrected chi connectivity index (χ3v) is 3.92. The maximum atomic E-state index is 13.5. The predicted molar refractivity (Wildman–Crippen MR) is 68.0 cm³/mol. The minimum Gasteiger partial charge on any atom is -0.480 e. The highest BCUT2D eigenvalue weighted by molar-refractivity contribution is 7.89. The first kappa shape index (κ1) is 15.6. The van der Waals surface area contributed by atoms with E-state index in [9.17, 15) is 17.6 Å². The summed E-state index contributed by atoms with van der Waals surface area (Å²) in [5, 5.41) is 8.88. The van der Waals surface area contributed by atoms with E-state index in [-0.39, 0.29) is 11.4 Å². The number of sulfonamides is 1. The second kappa shape index (κ2) is 6.14. The Bertz CT molecular complexity index is 603. The first-order valence-electron chi connectivity index (χ1n) is 5.09. The van der Waals surface area contributed by atoms with Gasteiger partial charge in [0.2, 0.25) is 10.0 Å². The number of carbonyl (C=O) groups is 1. The van der Waals surface area contributed by atoms with E-state index in [1.165, 1.54) is 12.1 Å². The van der Waals surface area contributed by atoms with Crippen LogP contribution in [-0.4, -0.2) is 25.5 Å². The third-order valence-electron chi connectivity index (χ3n) is 2.18. The van der Waals surface area contributed by atoms with Crippen molar-refractivity contribution in [2.75, 3.05) is 0 Å². The Morgan fingerprint density at radius 1 is 1.58 bits per heavy atom. The highest BCUT2D eigenvalue weighted by Crippen LogP contribution is 2.19. The van der Waals surface area contributed by atoms with Crippen LogP contribution in [-0.2, 0) is 14.8 Å². The van der Waals surface area contributed by atoms with Gasteiger partial charge < -0.3 is 5.11 Å². The molecule has 0 saturated carbocycles. The van der Waals surface area contributed by atoms with Gasteiger partial charge in [-0.1, -0.05) is 17.7 Å². The third kappa shape index (κ3) is 4.02. The highest BCUT2D eigenvalue weighted by Gasteiger charge is 2.26. The molecule has 0 aliphatic heterocycles. The van der Waals surface area contributed by atoms with E-state index in [0.717, 1.165) is 12.1 Å². The van der Waals surface area contributed by atoms with Gasteiger partial charge in [-0.3, -0.25) is 4.79 Å². The Morgan fingerprint density at radius 2 is 2.21 bits per heavy atom. The zero-order valence-corrected chi connectivity index (χ0v) is 11.2. The Morgan fingerprint density at radius 3 is 2.68 bits per heavy atom. The van der Waals surface area contributed by atoms with Gasteiger partial charge in [0.25, 0.3) is 0 Å². The molecule has 0 heterocycles. The fraction of sp³-hybridized carbons (Fsp3) is 0.182. The molecule has 2 N–H and O–H groups in total. The molecule has 1 aromatic carbocycles. The topological polar surface area (TPSA) is 83.5 Å². The number of benzene rings is 1. The Kier molecular flexibility index (Phi) is 5.04. The second-order valence-electron chi connectivity index (χ2n) is 3.61. The summed E-state index contributed by atoms with van der Waals surface area (Å²) in [5.74, 6) is -2.43. The average molecular weight is 308 g/mol. The van der Waals surface area contributed by atoms with Gasteiger partial charge in [0.15, 0.2) is 0 Å². The zero-order valence-electron chi connectivity index (χ0n) is 9.64. The van der Waals surface area contributed by atoms with Crippen LogP contribution in [0.5, 0.6) is 0 Å². The van der Waals surface area contributed by atoms with E-state index >= 15 is 0 Å². The van der Waals surface area contributed by atoms with Crippen molar-refractivity contribution in [2.24, 2.45) is 0 Å². The molecular formula is C11H11ClFNO4S. The van der Waals surface area contributed by atoms with Gasteiger partial charge in [0.05, 0.1) is 0 Å². The molecule has 0 aromatic heterocycles. The monoisotopic (exact) mass is 307 g/mol. The zero-order chi connectivity index (χ0) is 14.6. The summed E-state index contributed by atoms with van der Waals surface area (Å²) in [7, 11) is -4.29. The van der Waals surface area contributed by atoms with E-state index < -0.39 is 32.7 Å². The number of hydrogen-bond donors (Lipinski definition) is 2. The lowest BCUT2D eigenvalue weighted by atomic mass is 10.2. The van der Waals surface area contributed by atoms with Crippen LogP contribution >= 0.6 is 11.6 Å². The summed E-state index contributed by atoms with van der Waals surface area (Å²) >= 11 is 5.51. The summed E-state index contributed by atoms with van der Waals surface area (Å²) < 4.78 is 39.1. The van der Waals surface area contributed by atoms with Crippen molar-refractivity contribution in [3.8, 4) is 0 Å². The highest BCUT2D eigenvalue weighted by atomic mass is 35.5. The minimum atomic E-state index is -4.29. The number of nitrogens with one attached hydrogen (secondary N) is 1. The van der Waals surface area contributed by atoms with E-state index in [1.807, 2.05) is 4.72 Å². The molecule has 0 amide bonds. The van der Waals surface area contributed by atoms with Crippen molar-refractivity contribution >= 4 is 27.6 Å². The van der Waals surface area contributed by atoms with Crippen molar-refractivity contribution in [2.45, 2.75) is 17.4 Å². The quantitative estimate of drug-likeness (QED) is 0.785. The van der Waals surface area contributed by atoms with Crippen LogP contribution in [0.25, 0.3) is 0 Å². The summed E-state index contributed by atoms with van der Waals surface area (Å²) in [6.07, 6.45) is 1.13. The Balaban J connectivity index is 3.09. The second-order valence-corrected chi connectivity index (χ2v) is 5.73. The molecule has 0 radical (unpaired) electrons. The lowest BCUT2D eigenvalue weighted by Gasteiger charge is -2.13. The van der Waals surface area contributed by atoms with E-state index in [0.29, 0.717) is 0 Å². The molecule has 1 unspecified atom stereocenters. The molecule has 1 rings (SSSR count). The fourth-order valence-corrected chi connectivity index (χ4v) is 2.73. The van der Waals surface area contributed by atoms with Crippen LogP contribution in [0.3, 0.4) is 0 Å². The van der Waals surface area contributed by atoms with Crippen LogP contribution in [0.2, 0.25) is 5.02 Å². The first-order valence-corrected chi connectivity index (χ1v) is 6.95. The molecule has 0 spiro atoms.